The van der Waals surface area contributed by atoms with Gasteiger partial charge in [-0.3, -0.25) is 14.4 Å². The molecule has 0 aliphatic carbocycles. The van der Waals surface area contributed by atoms with Crippen molar-refractivity contribution >= 4 is 17.8 Å². The summed E-state index contributed by atoms with van der Waals surface area (Å²) in [7, 11) is 1.58. The molecule has 2 aromatic rings. The van der Waals surface area contributed by atoms with E-state index in [0.717, 1.165) is 11.1 Å². The molecule has 1 N–H and O–H groups in total. The van der Waals surface area contributed by atoms with Gasteiger partial charge in [0, 0.05) is 12.1 Å². The molecular weight excluding hydrogens is 372 g/mol. The van der Waals surface area contributed by atoms with Gasteiger partial charge in [-0.1, -0.05) is 30.3 Å². The maximum absolute atomic E-state index is 13.0. The Balaban J connectivity index is 1.80. The Morgan fingerprint density at radius 3 is 2.52 bits per heavy atom. The largest absolute Gasteiger partial charge is 0.497 e. The second kappa shape index (κ2) is 9.23. The van der Waals surface area contributed by atoms with Crippen LogP contribution in [0, 0.1) is 0 Å². The third-order valence-electron chi connectivity index (χ3n) is 4.84. The van der Waals surface area contributed by atoms with Gasteiger partial charge in [0.2, 0.25) is 5.91 Å². The summed E-state index contributed by atoms with van der Waals surface area (Å²) in [5.74, 6) is -0.246. The lowest BCUT2D eigenvalue weighted by atomic mass is 10.0. The minimum Gasteiger partial charge on any atom is -0.497 e. The summed E-state index contributed by atoms with van der Waals surface area (Å²) in [6.07, 6.45) is 0.0332. The molecule has 0 spiro atoms. The van der Waals surface area contributed by atoms with Crippen molar-refractivity contribution in [3.8, 4) is 5.75 Å². The first kappa shape index (κ1) is 20.4. The van der Waals surface area contributed by atoms with E-state index in [9.17, 15) is 14.4 Å². The number of carbonyl (C=O) groups is 3. The number of ether oxygens (including phenoxy) is 2. The standard InChI is InChI=1S/C22H24N2O5/c1-3-29-21(26)13-23-20(25)12-19(15-8-10-17(28-2)11-9-15)24-14-16-6-4-5-7-18(16)22(24)27/h4-11,19H,3,12-14H2,1-2H3,(H,23,25)/t19-/m1/s1. The third-order valence-corrected chi connectivity index (χ3v) is 4.84. The molecule has 0 saturated heterocycles. The summed E-state index contributed by atoms with van der Waals surface area (Å²) >= 11 is 0. The molecule has 1 aliphatic heterocycles. The number of hydrogen-bond acceptors (Lipinski definition) is 5. The number of benzene rings is 2. The van der Waals surface area contributed by atoms with E-state index in [1.807, 2.05) is 30.3 Å². The van der Waals surface area contributed by atoms with Crippen LogP contribution in [0.15, 0.2) is 48.5 Å². The molecule has 0 bridgehead atoms. The SMILES string of the molecule is CCOC(=O)CNC(=O)C[C@H](c1ccc(OC)cc1)N1Cc2ccccc2C1=O. The second-order valence-electron chi connectivity index (χ2n) is 6.67. The normalized spacial score (nSPS) is 13.6. The monoisotopic (exact) mass is 396 g/mol. The van der Waals surface area contributed by atoms with Crippen LogP contribution in [-0.4, -0.2) is 42.9 Å². The maximum Gasteiger partial charge on any atom is 0.325 e. The van der Waals surface area contributed by atoms with E-state index in [4.69, 9.17) is 9.47 Å². The highest BCUT2D eigenvalue weighted by Crippen LogP contribution is 2.34. The molecule has 2 aromatic carbocycles. The lowest BCUT2D eigenvalue weighted by Crippen LogP contribution is -2.36. The number of rotatable bonds is 8. The molecule has 1 aliphatic rings. The minimum atomic E-state index is -0.494. The topological polar surface area (TPSA) is 84.9 Å². The van der Waals surface area contributed by atoms with E-state index in [1.165, 1.54) is 0 Å². The molecule has 152 valence electrons. The molecule has 0 unspecified atom stereocenters. The van der Waals surface area contributed by atoms with Crippen molar-refractivity contribution in [2.45, 2.75) is 25.9 Å². The molecule has 7 heteroatoms. The molecule has 1 heterocycles. The number of esters is 1. The van der Waals surface area contributed by atoms with Gasteiger partial charge in [-0.15, -0.1) is 0 Å². The van der Waals surface area contributed by atoms with Gasteiger partial charge in [-0.25, -0.2) is 0 Å². The average Bonchev–Trinajstić information content (AvgIpc) is 3.07. The summed E-state index contributed by atoms with van der Waals surface area (Å²) in [5, 5.41) is 2.57. The van der Waals surface area contributed by atoms with Gasteiger partial charge in [0.05, 0.1) is 26.2 Å². The lowest BCUT2D eigenvalue weighted by Gasteiger charge is -2.28. The van der Waals surface area contributed by atoms with E-state index < -0.39 is 12.0 Å². The van der Waals surface area contributed by atoms with Crippen molar-refractivity contribution in [2.75, 3.05) is 20.3 Å². The molecule has 0 aromatic heterocycles. The summed E-state index contributed by atoms with van der Waals surface area (Å²) in [4.78, 5) is 38.7. The van der Waals surface area contributed by atoms with Crippen LogP contribution in [0.4, 0.5) is 0 Å². The number of nitrogens with one attached hydrogen (secondary N) is 1. The van der Waals surface area contributed by atoms with Crippen molar-refractivity contribution in [3.63, 3.8) is 0 Å². The van der Waals surface area contributed by atoms with Gasteiger partial charge < -0.3 is 19.7 Å². The van der Waals surface area contributed by atoms with E-state index in [-0.39, 0.29) is 31.4 Å². The fraction of sp³-hybridized carbons (Fsp3) is 0.318. The van der Waals surface area contributed by atoms with Crippen LogP contribution in [0.3, 0.4) is 0 Å². The Morgan fingerprint density at radius 2 is 1.86 bits per heavy atom. The molecule has 1 atom stereocenters. The number of hydrogen-bond donors (Lipinski definition) is 1. The molecule has 7 nitrogen and oxygen atoms in total. The molecular formula is C22H24N2O5. The zero-order valence-electron chi connectivity index (χ0n) is 16.5. The highest BCUT2D eigenvalue weighted by atomic mass is 16.5. The second-order valence-corrected chi connectivity index (χ2v) is 6.67. The van der Waals surface area contributed by atoms with Gasteiger partial charge in [0.25, 0.3) is 5.91 Å². The Hall–Kier alpha value is -3.35. The number of amides is 2. The third kappa shape index (κ3) is 4.74. The highest BCUT2D eigenvalue weighted by Gasteiger charge is 2.34. The smallest absolute Gasteiger partial charge is 0.325 e. The summed E-state index contributed by atoms with van der Waals surface area (Å²) in [6.45, 7) is 2.19. The highest BCUT2D eigenvalue weighted by molar-refractivity contribution is 5.99. The first-order valence-corrected chi connectivity index (χ1v) is 9.48. The number of methoxy groups -OCH3 is 1. The fourth-order valence-electron chi connectivity index (χ4n) is 3.39. The Morgan fingerprint density at radius 1 is 1.14 bits per heavy atom. The predicted molar refractivity (Wildman–Crippen MR) is 106 cm³/mol. The fourth-order valence-corrected chi connectivity index (χ4v) is 3.39. The van der Waals surface area contributed by atoms with Crippen LogP contribution in [0.1, 0.15) is 40.9 Å². The van der Waals surface area contributed by atoms with Crippen LogP contribution in [0.2, 0.25) is 0 Å². The van der Waals surface area contributed by atoms with Crippen LogP contribution in [0.5, 0.6) is 5.75 Å². The van der Waals surface area contributed by atoms with Crippen LogP contribution in [-0.2, 0) is 20.9 Å². The van der Waals surface area contributed by atoms with Gasteiger partial charge in [0.1, 0.15) is 12.3 Å². The van der Waals surface area contributed by atoms with Crippen molar-refractivity contribution in [2.24, 2.45) is 0 Å². The average molecular weight is 396 g/mol. The van der Waals surface area contributed by atoms with Crippen LogP contribution < -0.4 is 10.1 Å². The zero-order valence-corrected chi connectivity index (χ0v) is 16.5. The number of fused-ring (bicyclic) bond motifs is 1. The minimum absolute atomic E-state index is 0.0332. The molecule has 0 saturated carbocycles. The summed E-state index contributed by atoms with van der Waals surface area (Å²) < 4.78 is 10.0. The Kier molecular flexibility index (Phi) is 6.49. The number of carbonyl (C=O) groups excluding carboxylic acids is 3. The van der Waals surface area contributed by atoms with E-state index in [2.05, 4.69) is 5.32 Å². The lowest BCUT2D eigenvalue weighted by molar-refractivity contribution is -0.143. The van der Waals surface area contributed by atoms with Gasteiger partial charge in [-0.05, 0) is 36.2 Å². The molecule has 29 heavy (non-hydrogen) atoms. The van der Waals surface area contributed by atoms with Crippen molar-refractivity contribution in [1.29, 1.82) is 0 Å². The van der Waals surface area contributed by atoms with Crippen molar-refractivity contribution in [3.05, 3.63) is 65.2 Å². The first-order valence-electron chi connectivity index (χ1n) is 9.48. The number of nitrogens with zero attached hydrogens (tertiary/aromatic N) is 1. The van der Waals surface area contributed by atoms with Crippen LogP contribution >= 0.6 is 0 Å². The van der Waals surface area contributed by atoms with Gasteiger partial charge >= 0.3 is 5.97 Å². The molecule has 3 rings (SSSR count). The maximum atomic E-state index is 13.0. The summed E-state index contributed by atoms with van der Waals surface area (Å²) in [6, 6.07) is 14.3. The quantitative estimate of drug-likeness (QED) is 0.693. The van der Waals surface area contributed by atoms with E-state index in [0.29, 0.717) is 17.9 Å². The van der Waals surface area contributed by atoms with E-state index >= 15 is 0 Å². The zero-order chi connectivity index (χ0) is 20.8. The van der Waals surface area contributed by atoms with Crippen LogP contribution in [0.25, 0.3) is 0 Å². The Bertz CT molecular complexity index is 894. The molecule has 0 radical (unpaired) electrons. The Labute approximate surface area is 169 Å². The first-order chi connectivity index (χ1) is 14.0. The van der Waals surface area contributed by atoms with Crippen molar-refractivity contribution < 1.29 is 23.9 Å². The summed E-state index contributed by atoms with van der Waals surface area (Å²) in [5.41, 5.74) is 2.40. The van der Waals surface area contributed by atoms with Gasteiger partial charge in [0.15, 0.2) is 0 Å². The molecule has 0 fully saturated rings. The van der Waals surface area contributed by atoms with Crippen molar-refractivity contribution in [1.82, 2.24) is 10.2 Å². The van der Waals surface area contributed by atoms with E-state index in [1.54, 1.807) is 37.1 Å². The molecule has 2 amide bonds. The predicted octanol–water partition coefficient (Wildman–Crippen LogP) is 2.46. The van der Waals surface area contributed by atoms with Gasteiger partial charge in [-0.2, -0.15) is 0 Å².